The average Bonchev–Trinajstić information content (AvgIpc) is 2.55. The van der Waals surface area contributed by atoms with Crippen molar-refractivity contribution in [3.05, 3.63) is 58.8 Å². The molecule has 1 fully saturated rings. The summed E-state index contributed by atoms with van der Waals surface area (Å²) in [5.74, 6) is -0.282. The Morgan fingerprint density at radius 1 is 0.957 bits per heavy atom. The molecule has 0 atom stereocenters. The topological polar surface area (TPSA) is 40.6 Å². The molecule has 4 nitrogen and oxygen atoms in total. The van der Waals surface area contributed by atoms with Crippen LogP contribution in [0.15, 0.2) is 57.9 Å². The second kappa shape index (κ2) is 6.59. The highest BCUT2D eigenvalue weighted by Crippen LogP contribution is 2.24. The lowest BCUT2D eigenvalue weighted by Gasteiger charge is -2.35. The zero-order valence-corrected chi connectivity index (χ0v) is 14.7. The molecule has 2 aromatic rings. The molecule has 0 radical (unpaired) electrons. The predicted octanol–water partition coefficient (Wildman–Crippen LogP) is 3.10. The van der Waals surface area contributed by atoms with Gasteiger partial charge in [0.2, 0.25) is 10.0 Å². The first kappa shape index (κ1) is 16.4. The summed E-state index contributed by atoms with van der Waals surface area (Å²) in [5.41, 5.74) is 0.520. The summed E-state index contributed by atoms with van der Waals surface area (Å²) >= 11 is 3.29. The van der Waals surface area contributed by atoms with Gasteiger partial charge in [0.25, 0.3) is 0 Å². The third kappa shape index (κ3) is 3.41. The van der Waals surface area contributed by atoms with Crippen molar-refractivity contribution >= 4 is 31.6 Å². The molecule has 122 valence electrons. The maximum atomic E-state index is 13.8. The summed E-state index contributed by atoms with van der Waals surface area (Å²) in [7, 11) is -3.52. The van der Waals surface area contributed by atoms with E-state index < -0.39 is 10.0 Å². The van der Waals surface area contributed by atoms with Gasteiger partial charge >= 0.3 is 0 Å². The second-order valence-corrected chi connectivity index (χ2v) is 8.15. The molecule has 3 rings (SSSR count). The standard InChI is InChI=1S/C16H16BrFN2O2S/c17-13-4-3-5-14(12-13)23(21,22)20-10-8-19(9-11-20)16-7-2-1-6-15(16)18/h1-7,12H,8-11H2. The summed E-state index contributed by atoms with van der Waals surface area (Å²) in [5, 5.41) is 0. The Labute approximate surface area is 143 Å². The van der Waals surface area contributed by atoms with Crippen molar-refractivity contribution in [1.82, 2.24) is 4.31 Å². The number of rotatable bonds is 3. The summed E-state index contributed by atoms with van der Waals surface area (Å²) in [6, 6.07) is 13.2. The smallest absolute Gasteiger partial charge is 0.243 e. The minimum Gasteiger partial charge on any atom is -0.367 e. The molecule has 1 aliphatic rings. The molecule has 0 unspecified atom stereocenters. The largest absolute Gasteiger partial charge is 0.367 e. The fourth-order valence-electron chi connectivity index (χ4n) is 2.65. The van der Waals surface area contributed by atoms with E-state index in [0.29, 0.717) is 31.9 Å². The minimum absolute atomic E-state index is 0.270. The Morgan fingerprint density at radius 2 is 1.65 bits per heavy atom. The zero-order valence-electron chi connectivity index (χ0n) is 12.3. The first-order valence-electron chi connectivity index (χ1n) is 7.24. The maximum absolute atomic E-state index is 13.8. The van der Waals surface area contributed by atoms with Gasteiger partial charge in [0.15, 0.2) is 0 Å². The quantitative estimate of drug-likeness (QED) is 0.797. The van der Waals surface area contributed by atoms with E-state index in [1.54, 1.807) is 42.5 Å². The van der Waals surface area contributed by atoms with E-state index in [4.69, 9.17) is 0 Å². The fourth-order valence-corrected chi connectivity index (χ4v) is 4.67. The van der Waals surface area contributed by atoms with Crippen molar-refractivity contribution in [3.8, 4) is 0 Å². The first-order chi connectivity index (χ1) is 11.0. The summed E-state index contributed by atoms with van der Waals surface area (Å²) in [6.07, 6.45) is 0. The Bertz CT molecular complexity index is 805. The Hall–Kier alpha value is -1.44. The highest BCUT2D eigenvalue weighted by atomic mass is 79.9. The molecule has 0 N–H and O–H groups in total. The van der Waals surface area contributed by atoms with E-state index >= 15 is 0 Å². The van der Waals surface area contributed by atoms with Crippen LogP contribution in [-0.4, -0.2) is 38.9 Å². The van der Waals surface area contributed by atoms with Gasteiger partial charge in [0.05, 0.1) is 10.6 Å². The number of sulfonamides is 1. The van der Waals surface area contributed by atoms with Gasteiger partial charge in [-0.2, -0.15) is 4.31 Å². The lowest BCUT2D eigenvalue weighted by Crippen LogP contribution is -2.48. The van der Waals surface area contributed by atoms with Crippen LogP contribution in [0.3, 0.4) is 0 Å². The van der Waals surface area contributed by atoms with Gasteiger partial charge in [-0.1, -0.05) is 34.1 Å². The van der Waals surface area contributed by atoms with Crippen molar-refractivity contribution in [2.75, 3.05) is 31.1 Å². The molecule has 0 aliphatic carbocycles. The van der Waals surface area contributed by atoms with E-state index in [1.807, 2.05) is 4.90 Å². The summed E-state index contributed by atoms with van der Waals surface area (Å²) in [4.78, 5) is 2.15. The molecule has 1 heterocycles. The molecular formula is C16H16BrFN2O2S. The monoisotopic (exact) mass is 398 g/mol. The van der Waals surface area contributed by atoms with E-state index in [-0.39, 0.29) is 10.7 Å². The SMILES string of the molecule is O=S(=O)(c1cccc(Br)c1)N1CCN(c2ccccc2F)CC1. The van der Waals surface area contributed by atoms with Crippen LogP contribution < -0.4 is 4.90 Å². The molecule has 0 aromatic heterocycles. The van der Waals surface area contributed by atoms with E-state index in [9.17, 15) is 12.8 Å². The van der Waals surface area contributed by atoms with Crippen LogP contribution in [0.5, 0.6) is 0 Å². The Balaban J connectivity index is 1.75. The number of halogens is 2. The molecule has 0 spiro atoms. The van der Waals surface area contributed by atoms with E-state index in [2.05, 4.69) is 15.9 Å². The van der Waals surface area contributed by atoms with Gasteiger partial charge in [-0.05, 0) is 30.3 Å². The summed E-state index contributed by atoms with van der Waals surface area (Å²) in [6.45, 7) is 1.61. The minimum atomic E-state index is -3.52. The van der Waals surface area contributed by atoms with Gasteiger partial charge in [0.1, 0.15) is 5.82 Å². The lowest BCUT2D eigenvalue weighted by molar-refractivity contribution is 0.383. The van der Waals surface area contributed by atoms with Gasteiger partial charge < -0.3 is 4.90 Å². The first-order valence-corrected chi connectivity index (χ1v) is 9.47. The van der Waals surface area contributed by atoms with Crippen LogP contribution in [-0.2, 0) is 10.0 Å². The molecule has 2 aromatic carbocycles. The van der Waals surface area contributed by atoms with Crippen LogP contribution in [0.1, 0.15) is 0 Å². The van der Waals surface area contributed by atoms with Crippen LogP contribution in [0.25, 0.3) is 0 Å². The number of anilines is 1. The maximum Gasteiger partial charge on any atom is 0.243 e. The molecule has 0 bridgehead atoms. The van der Waals surface area contributed by atoms with Crippen LogP contribution in [0, 0.1) is 5.82 Å². The summed E-state index contributed by atoms with van der Waals surface area (Å²) < 4.78 is 41.3. The number of benzene rings is 2. The molecule has 1 aliphatic heterocycles. The van der Waals surface area contributed by atoms with Crippen molar-refractivity contribution in [3.63, 3.8) is 0 Å². The normalized spacial score (nSPS) is 16.5. The third-order valence-corrected chi connectivity index (χ3v) is 6.25. The van der Waals surface area contributed by atoms with Gasteiger partial charge in [-0.25, -0.2) is 12.8 Å². The zero-order chi connectivity index (χ0) is 16.4. The van der Waals surface area contributed by atoms with E-state index in [0.717, 1.165) is 4.47 Å². The van der Waals surface area contributed by atoms with Crippen LogP contribution in [0.2, 0.25) is 0 Å². The third-order valence-electron chi connectivity index (χ3n) is 3.87. The van der Waals surface area contributed by atoms with Gasteiger partial charge in [-0.15, -0.1) is 0 Å². The molecular weight excluding hydrogens is 383 g/mol. The molecule has 23 heavy (non-hydrogen) atoms. The molecule has 0 saturated carbocycles. The van der Waals surface area contributed by atoms with Crippen molar-refractivity contribution < 1.29 is 12.8 Å². The highest BCUT2D eigenvalue weighted by molar-refractivity contribution is 9.10. The average molecular weight is 399 g/mol. The molecule has 1 saturated heterocycles. The number of hydrogen-bond donors (Lipinski definition) is 0. The highest BCUT2D eigenvalue weighted by Gasteiger charge is 2.29. The van der Waals surface area contributed by atoms with Crippen LogP contribution >= 0.6 is 15.9 Å². The van der Waals surface area contributed by atoms with Crippen molar-refractivity contribution in [2.45, 2.75) is 4.90 Å². The lowest BCUT2D eigenvalue weighted by atomic mass is 10.2. The second-order valence-electron chi connectivity index (χ2n) is 5.30. The number of para-hydroxylation sites is 1. The van der Waals surface area contributed by atoms with Crippen molar-refractivity contribution in [2.24, 2.45) is 0 Å². The van der Waals surface area contributed by atoms with Crippen LogP contribution in [0.4, 0.5) is 10.1 Å². The fraction of sp³-hybridized carbons (Fsp3) is 0.250. The number of piperazine rings is 1. The number of nitrogens with zero attached hydrogens (tertiary/aromatic N) is 2. The Kier molecular flexibility index (Phi) is 4.70. The predicted molar refractivity (Wildman–Crippen MR) is 91.5 cm³/mol. The van der Waals surface area contributed by atoms with E-state index in [1.165, 1.54) is 10.4 Å². The Morgan fingerprint density at radius 3 is 2.30 bits per heavy atom. The van der Waals surface area contributed by atoms with Gasteiger partial charge in [-0.3, -0.25) is 0 Å². The number of hydrogen-bond acceptors (Lipinski definition) is 3. The van der Waals surface area contributed by atoms with Gasteiger partial charge in [0, 0.05) is 30.7 Å². The molecule has 0 amide bonds. The molecule has 7 heteroatoms. The van der Waals surface area contributed by atoms with Crippen molar-refractivity contribution in [1.29, 1.82) is 0 Å².